The highest BCUT2D eigenvalue weighted by atomic mass is 16.1. The fourth-order valence-electron chi connectivity index (χ4n) is 4.04. The van der Waals surface area contributed by atoms with Crippen molar-refractivity contribution in [3.63, 3.8) is 0 Å². The minimum absolute atomic E-state index is 0.286. The first kappa shape index (κ1) is 12.9. The maximum Gasteiger partial charge on any atom is 0.178 e. The van der Waals surface area contributed by atoms with E-state index in [0.717, 1.165) is 29.4 Å². The predicted octanol–water partition coefficient (Wildman–Crippen LogP) is 3.08. The average Bonchev–Trinajstić information content (AvgIpc) is 2.96. The van der Waals surface area contributed by atoms with Gasteiger partial charge in [-0.3, -0.25) is 9.69 Å². The molecular weight excluding hydrogens is 236 g/mol. The number of rotatable bonds is 3. The lowest BCUT2D eigenvalue weighted by molar-refractivity contribution is 0.0776. The molecule has 3 heteroatoms. The maximum atomic E-state index is 12.5. The van der Waals surface area contributed by atoms with Gasteiger partial charge in [0.25, 0.3) is 0 Å². The molecule has 2 heterocycles. The van der Waals surface area contributed by atoms with E-state index in [9.17, 15) is 4.79 Å². The molecule has 2 atom stereocenters. The van der Waals surface area contributed by atoms with Crippen LogP contribution in [0, 0.1) is 19.8 Å². The lowest BCUT2D eigenvalue weighted by Gasteiger charge is -2.37. The van der Waals surface area contributed by atoms with Gasteiger partial charge < -0.3 is 4.98 Å². The van der Waals surface area contributed by atoms with Gasteiger partial charge in [-0.2, -0.15) is 0 Å². The summed E-state index contributed by atoms with van der Waals surface area (Å²) in [5.74, 6) is 1.14. The molecule has 2 unspecified atom stereocenters. The van der Waals surface area contributed by atoms with Gasteiger partial charge >= 0.3 is 0 Å². The molecule has 3 rings (SSSR count). The summed E-state index contributed by atoms with van der Waals surface area (Å²) < 4.78 is 0. The van der Waals surface area contributed by atoms with Crippen LogP contribution in [-0.4, -0.2) is 34.8 Å². The molecule has 0 spiro atoms. The van der Waals surface area contributed by atoms with Crippen molar-refractivity contribution in [3.05, 3.63) is 23.0 Å². The summed E-state index contributed by atoms with van der Waals surface area (Å²) >= 11 is 0. The largest absolute Gasteiger partial charge is 0.362 e. The number of aromatic nitrogens is 1. The summed E-state index contributed by atoms with van der Waals surface area (Å²) in [5, 5.41) is 0. The van der Waals surface area contributed by atoms with Crippen molar-refractivity contribution in [1.29, 1.82) is 0 Å². The second-order valence-electron chi connectivity index (χ2n) is 6.29. The smallest absolute Gasteiger partial charge is 0.178 e. The van der Waals surface area contributed by atoms with Crippen LogP contribution in [0.4, 0.5) is 0 Å². The van der Waals surface area contributed by atoms with Crippen LogP contribution in [0.15, 0.2) is 6.07 Å². The Balaban J connectivity index is 1.70. The molecule has 2 fully saturated rings. The summed E-state index contributed by atoms with van der Waals surface area (Å²) in [6.07, 6.45) is 6.65. The molecule has 0 bridgehead atoms. The van der Waals surface area contributed by atoms with Crippen LogP contribution in [0.2, 0.25) is 0 Å². The number of Topliss-reactive ketones (excluding diaryl/α,β-unsaturated/α-hetero) is 1. The van der Waals surface area contributed by atoms with Crippen molar-refractivity contribution in [1.82, 2.24) is 9.88 Å². The molecule has 1 N–H and O–H groups in total. The van der Waals surface area contributed by atoms with Gasteiger partial charge in [0, 0.05) is 23.0 Å². The number of hydrogen-bond acceptors (Lipinski definition) is 2. The number of aryl methyl sites for hydroxylation is 2. The van der Waals surface area contributed by atoms with Crippen LogP contribution in [0.1, 0.15) is 53.8 Å². The van der Waals surface area contributed by atoms with Gasteiger partial charge in [0.1, 0.15) is 0 Å². The van der Waals surface area contributed by atoms with E-state index in [-0.39, 0.29) is 5.78 Å². The Kier molecular flexibility index (Phi) is 3.48. The highest BCUT2D eigenvalue weighted by molar-refractivity contribution is 5.98. The van der Waals surface area contributed by atoms with Crippen molar-refractivity contribution < 1.29 is 4.79 Å². The summed E-state index contributed by atoms with van der Waals surface area (Å²) in [5.41, 5.74) is 2.98. The van der Waals surface area contributed by atoms with Crippen LogP contribution < -0.4 is 0 Å². The molecule has 1 aliphatic carbocycles. The standard InChI is InChI=1S/C16H24N2O/c1-11-9-14(12(2)17-11)16(19)10-18-8-4-6-13-5-3-7-15(13)18/h9,13,15,17H,3-8,10H2,1-2H3. The number of ketones is 1. The lowest BCUT2D eigenvalue weighted by Crippen LogP contribution is -2.45. The number of fused-ring (bicyclic) bond motifs is 1. The zero-order valence-electron chi connectivity index (χ0n) is 12.0. The number of aromatic amines is 1. The van der Waals surface area contributed by atoms with Gasteiger partial charge in [-0.25, -0.2) is 0 Å². The first-order chi connectivity index (χ1) is 9.15. The van der Waals surface area contributed by atoms with Gasteiger partial charge in [0.2, 0.25) is 0 Å². The predicted molar refractivity (Wildman–Crippen MR) is 76.5 cm³/mol. The fraction of sp³-hybridized carbons (Fsp3) is 0.688. The fourth-order valence-corrected chi connectivity index (χ4v) is 4.04. The van der Waals surface area contributed by atoms with Crippen LogP contribution in [0.5, 0.6) is 0 Å². The summed E-state index contributed by atoms with van der Waals surface area (Å²) in [6.45, 7) is 5.72. The zero-order valence-corrected chi connectivity index (χ0v) is 12.0. The quantitative estimate of drug-likeness (QED) is 0.848. The van der Waals surface area contributed by atoms with E-state index in [1.807, 2.05) is 19.9 Å². The van der Waals surface area contributed by atoms with Gasteiger partial charge in [-0.15, -0.1) is 0 Å². The zero-order chi connectivity index (χ0) is 13.4. The molecule has 2 aliphatic rings. The molecule has 0 aromatic carbocycles. The first-order valence-electron chi connectivity index (χ1n) is 7.58. The van der Waals surface area contributed by atoms with Crippen molar-refractivity contribution >= 4 is 5.78 Å². The minimum atomic E-state index is 0.286. The van der Waals surface area contributed by atoms with E-state index in [0.29, 0.717) is 12.6 Å². The Hall–Kier alpha value is -1.09. The second-order valence-corrected chi connectivity index (χ2v) is 6.29. The van der Waals surface area contributed by atoms with E-state index < -0.39 is 0 Å². The van der Waals surface area contributed by atoms with Gasteiger partial charge in [-0.05, 0) is 58.1 Å². The molecule has 0 amide bonds. The van der Waals surface area contributed by atoms with Crippen molar-refractivity contribution in [3.8, 4) is 0 Å². The van der Waals surface area contributed by atoms with Gasteiger partial charge in [0.15, 0.2) is 5.78 Å². The monoisotopic (exact) mass is 260 g/mol. The van der Waals surface area contributed by atoms with Crippen molar-refractivity contribution in [2.75, 3.05) is 13.1 Å². The number of carbonyl (C=O) groups excluding carboxylic acids is 1. The number of nitrogens with zero attached hydrogens (tertiary/aromatic N) is 1. The maximum absolute atomic E-state index is 12.5. The number of H-pyrrole nitrogens is 1. The molecule has 3 nitrogen and oxygen atoms in total. The molecule has 1 aliphatic heterocycles. The SMILES string of the molecule is Cc1cc(C(=O)CN2CCCC3CCCC32)c(C)[nH]1. The summed E-state index contributed by atoms with van der Waals surface area (Å²) in [7, 11) is 0. The normalized spacial score (nSPS) is 27.5. The van der Waals surface area contributed by atoms with E-state index >= 15 is 0 Å². The van der Waals surface area contributed by atoms with Crippen molar-refractivity contribution in [2.45, 2.75) is 52.0 Å². The number of piperidine rings is 1. The highest BCUT2D eigenvalue weighted by Gasteiger charge is 2.35. The van der Waals surface area contributed by atoms with Gasteiger partial charge in [0.05, 0.1) is 6.54 Å². The molecule has 1 aromatic rings. The van der Waals surface area contributed by atoms with Gasteiger partial charge in [-0.1, -0.05) is 6.42 Å². The van der Waals surface area contributed by atoms with Crippen LogP contribution in [0.25, 0.3) is 0 Å². The minimum Gasteiger partial charge on any atom is -0.362 e. The second kappa shape index (κ2) is 5.12. The van der Waals surface area contributed by atoms with E-state index in [1.54, 1.807) is 0 Å². The summed E-state index contributed by atoms with van der Waals surface area (Å²) in [6, 6.07) is 2.67. The Morgan fingerprint density at radius 2 is 2.11 bits per heavy atom. The molecule has 1 saturated carbocycles. The number of likely N-dealkylation sites (tertiary alicyclic amines) is 1. The third-order valence-electron chi connectivity index (χ3n) is 4.90. The number of nitrogens with one attached hydrogen (secondary N) is 1. The number of carbonyl (C=O) groups is 1. The summed E-state index contributed by atoms with van der Waals surface area (Å²) in [4.78, 5) is 18.2. The molecule has 0 radical (unpaired) electrons. The first-order valence-corrected chi connectivity index (χ1v) is 7.58. The topological polar surface area (TPSA) is 36.1 Å². The van der Waals surface area contributed by atoms with Crippen LogP contribution >= 0.6 is 0 Å². The Morgan fingerprint density at radius 1 is 1.32 bits per heavy atom. The molecule has 104 valence electrons. The van der Waals surface area contributed by atoms with E-state index in [2.05, 4.69) is 9.88 Å². The highest BCUT2D eigenvalue weighted by Crippen LogP contribution is 2.36. The molecular formula is C16H24N2O. The average molecular weight is 260 g/mol. The third kappa shape index (κ3) is 2.48. The molecule has 1 saturated heterocycles. The Labute approximate surface area is 115 Å². The van der Waals surface area contributed by atoms with Crippen LogP contribution in [-0.2, 0) is 0 Å². The lowest BCUT2D eigenvalue weighted by atomic mass is 9.91. The Bertz CT molecular complexity index is 477. The van der Waals surface area contributed by atoms with Crippen molar-refractivity contribution in [2.24, 2.45) is 5.92 Å². The number of hydrogen-bond donors (Lipinski definition) is 1. The van der Waals surface area contributed by atoms with E-state index in [4.69, 9.17) is 0 Å². The molecule has 19 heavy (non-hydrogen) atoms. The third-order valence-corrected chi connectivity index (χ3v) is 4.90. The molecule has 1 aromatic heterocycles. The van der Waals surface area contributed by atoms with E-state index in [1.165, 1.54) is 32.1 Å². The Morgan fingerprint density at radius 3 is 2.84 bits per heavy atom. The van der Waals surface area contributed by atoms with Crippen LogP contribution in [0.3, 0.4) is 0 Å².